The number of benzene rings is 1. The molecule has 104 valence electrons. The lowest BCUT2D eigenvalue weighted by Gasteiger charge is -2.13. The molecule has 1 atom stereocenters. The maximum absolute atomic E-state index is 12.1. The molecule has 3 N–H and O–H groups in total. The first-order valence-electron chi connectivity index (χ1n) is 6.69. The van der Waals surface area contributed by atoms with Crippen molar-refractivity contribution in [3.05, 3.63) is 65.5 Å². The van der Waals surface area contributed by atoms with Crippen LogP contribution in [0.15, 0.2) is 48.7 Å². The van der Waals surface area contributed by atoms with Gasteiger partial charge < -0.3 is 11.1 Å². The fraction of sp³-hybridized carbons (Fsp3) is 0.250. The van der Waals surface area contributed by atoms with Gasteiger partial charge in [-0.1, -0.05) is 37.3 Å². The van der Waals surface area contributed by atoms with Crippen LogP contribution in [0.1, 0.15) is 34.5 Å². The number of nitrogens with two attached hydrogens (primary N) is 1. The molecule has 0 saturated carbocycles. The van der Waals surface area contributed by atoms with Gasteiger partial charge in [-0.05, 0) is 23.6 Å². The maximum Gasteiger partial charge on any atom is 0.251 e. The van der Waals surface area contributed by atoms with E-state index in [1.165, 1.54) is 5.56 Å². The van der Waals surface area contributed by atoms with E-state index in [9.17, 15) is 4.79 Å². The van der Waals surface area contributed by atoms with E-state index in [-0.39, 0.29) is 11.8 Å². The van der Waals surface area contributed by atoms with Gasteiger partial charge in [0.1, 0.15) is 0 Å². The van der Waals surface area contributed by atoms with Gasteiger partial charge in [-0.15, -0.1) is 0 Å². The molecule has 4 heteroatoms. The van der Waals surface area contributed by atoms with Crippen molar-refractivity contribution in [2.24, 2.45) is 5.73 Å². The quantitative estimate of drug-likeness (QED) is 0.873. The van der Waals surface area contributed by atoms with Crippen LogP contribution in [0.4, 0.5) is 0 Å². The summed E-state index contributed by atoms with van der Waals surface area (Å²) >= 11 is 0. The molecular weight excluding hydrogens is 250 g/mol. The summed E-state index contributed by atoms with van der Waals surface area (Å²) in [5, 5.41) is 2.94. The minimum Gasteiger partial charge on any atom is -0.351 e. The van der Waals surface area contributed by atoms with Gasteiger partial charge in [0.25, 0.3) is 5.91 Å². The van der Waals surface area contributed by atoms with Gasteiger partial charge in [0.05, 0.1) is 5.69 Å². The third-order valence-electron chi connectivity index (χ3n) is 3.23. The first-order chi connectivity index (χ1) is 9.70. The molecule has 1 unspecified atom stereocenters. The predicted molar refractivity (Wildman–Crippen MR) is 79.3 cm³/mol. The van der Waals surface area contributed by atoms with Crippen LogP contribution in [0.5, 0.6) is 0 Å². The minimum atomic E-state index is -0.0927. The van der Waals surface area contributed by atoms with E-state index in [0.29, 0.717) is 24.3 Å². The standard InChI is InChI=1S/C16H19N3O/c1-12(13-5-3-2-4-6-13)11-19-16(20)14-7-8-18-15(9-14)10-17/h2-9,12H,10-11,17H2,1H3,(H,19,20). The Labute approximate surface area is 119 Å². The summed E-state index contributed by atoms with van der Waals surface area (Å²) in [6.07, 6.45) is 1.61. The number of hydrogen-bond donors (Lipinski definition) is 2. The van der Waals surface area contributed by atoms with Crippen molar-refractivity contribution in [2.45, 2.75) is 19.4 Å². The van der Waals surface area contributed by atoms with E-state index in [2.05, 4.69) is 29.4 Å². The smallest absolute Gasteiger partial charge is 0.251 e. The molecule has 0 bridgehead atoms. The fourth-order valence-electron chi connectivity index (χ4n) is 1.98. The zero-order chi connectivity index (χ0) is 14.4. The van der Waals surface area contributed by atoms with E-state index >= 15 is 0 Å². The van der Waals surface area contributed by atoms with Crippen LogP contribution in [-0.4, -0.2) is 17.4 Å². The van der Waals surface area contributed by atoms with Gasteiger partial charge >= 0.3 is 0 Å². The van der Waals surface area contributed by atoms with Crippen LogP contribution in [-0.2, 0) is 6.54 Å². The summed E-state index contributed by atoms with van der Waals surface area (Å²) in [7, 11) is 0. The Balaban J connectivity index is 1.95. The number of aromatic nitrogens is 1. The third-order valence-corrected chi connectivity index (χ3v) is 3.23. The summed E-state index contributed by atoms with van der Waals surface area (Å²) in [5.74, 6) is 0.181. The average molecular weight is 269 g/mol. The van der Waals surface area contributed by atoms with E-state index in [0.717, 1.165) is 0 Å². The number of nitrogens with one attached hydrogen (secondary N) is 1. The van der Waals surface area contributed by atoms with Crippen molar-refractivity contribution in [1.29, 1.82) is 0 Å². The number of amides is 1. The summed E-state index contributed by atoms with van der Waals surface area (Å²) in [5.41, 5.74) is 8.05. The number of pyridine rings is 1. The molecule has 0 aliphatic carbocycles. The Morgan fingerprint density at radius 1 is 1.30 bits per heavy atom. The molecule has 2 aromatic rings. The summed E-state index contributed by atoms with van der Waals surface area (Å²) < 4.78 is 0. The van der Waals surface area contributed by atoms with E-state index < -0.39 is 0 Å². The van der Waals surface area contributed by atoms with Crippen LogP contribution in [0.25, 0.3) is 0 Å². The highest BCUT2D eigenvalue weighted by Gasteiger charge is 2.09. The van der Waals surface area contributed by atoms with Gasteiger partial charge in [0.2, 0.25) is 0 Å². The first kappa shape index (κ1) is 14.2. The summed E-state index contributed by atoms with van der Waals surface area (Å²) in [6.45, 7) is 3.03. The van der Waals surface area contributed by atoms with Gasteiger partial charge in [0.15, 0.2) is 0 Å². The van der Waals surface area contributed by atoms with Crippen molar-refractivity contribution >= 4 is 5.91 Å². The molecule has 0 fully saturated rings. The number of carbonyl (C=O) groups is 1. The topological polar surface area (TPSA) is 68.0 Å². The van der Waals surface area contributed by atoms with Crippen molar-refractivity contribution in [2.75, 3.05) is 6.54 Å². The Morgan fingerprint density at radius 3 is 2.75 bits per heavy atom. The second-order valence-electron chi connectivity index (χ2n) is 4.76. The second-order valence-corrected chi connectivity index (χ2v) is 4.76. The summed E-state index contributed by atoms with van der Waals surface area (Å²) in [6, 6.07) is 13.5. The molecule has 1 aromatic heterocycles. The maximum atomic E-state index is 12.1. The van der Waals surface area contributed by atoms with Crippen LogP contribution in [0.3, 0.4) is 0 Å². The third kappa shape index (κ3) is 3.65. The van der Waals surface area contributed by atoms with Crippen molar-refractivity contribution in [3.8, 4) is 0 Å². The number of carbonyl (C=O) groups excluding carboxylic acids is 1. The number of rotatable bonds is 5. The zero-order valence-corrected chi connectivity index (χ0v) is 11.5. The minimum absolute atomic E-state index is 0.0927. The van der Waals surface area contributed by atoms with Gasteiger partial charge in [0, 0.05) is 24.8 Å². The Kier molecular flexibility index (Phi) is 4.85. The van der Waals surface area contributed by atoms with Gasteiger partial charge in [-0.25, -0.2) is 0 Å². The second kappa shape index (κ2) is 6.82. The summed E-state index contributed by atoms with van der Waals surface area (Å²) in [4.78, 5) is 16.1. The van der Waals surface area contributed by atoms with Crippen LogP contribution in [0.2, 0.25) is 0 Å². The normalized spacial score (nSPS) is 11.9. The van der Waals surface area contributed by atoms with E-state index in [1.807, 2.05) is 18.2 Å². The first-order valence-corrected chi connectivity index (χ1v) is 6.69. The largest absolute Gasteiger partial charge is 0.351 e. The van der Waals surface area contributed by atoms with Crippen LogP contribution >= 0.6 is 0 Å². The lowest BCUT2D eigenvalue weighted by molar-refractivity contribution is 0.0951. The Bertz CT molecular complexity index is 569. The van der Waals surface area contributed by atoms with Gasteiger partial charge in [-0.3, -0.25) is 9.78 Å². The Hall–Kier alpha value is -2.20. The monoisotopic (exact) mass is 269 g/mol. The van der Waals surface area contributed by atoms with Crippen LogP contribution < -0.4 is 11.1 Å². The van der Waals surface area contributed by atoms with Crippen molar-refractivity contribution in [1.82, 2.24) is 10.3 Å². The highest BCUT2D eigenvalue weighted by molar-refractivity contribution is 5.94. The molecule has 1 amide bonds. The highest BCUT2D eigenvalue weighted by Crippen LogP contribution is 2.13. The lowest BCUT2D eigenvalue weighted by atomic mass is 10.0. The molecular formula is C16H19N3O. The van der Waals surface area contributed by atoms with Crippen molar-refractivity contribution in [3.63, 3.8) is 0 Å². The van der Waals surface area contributed by atoms with E-state index in [1.54, 1.807) is 18.3 Å². The molecule has 4 nitrogen and oxygen atoms in total. The van der Waals surface area contributed by atoms with Gasteiger partial charge in [-0.2, -0.15) is 0 Å². The predicted octanol–water partition coefficient (Wildman–Crippen LogP) is 2.07. The lowest BCUT2D eigenvalue weighted by Crippen LogP contribution is -2.27. The molecule has 0 spiro atoms. The fourth-order valence-corrected chi connectivity index (χ4v) is 1.98. The average Bonchev–Trinajstić information content (AvgIpc) is 2.53. The zero-order valence-electron chi connectivity index (χ0n) is 11.5. The SMILES string of the molecule is CC(CNC(=O)c1ccnc(CN)c1)c1ccccc1. The molecule has 20 heavy (non-hydrogen) atoms. The van der Waals surface area contributed by atoms with Crippen molar-refractivity contribution < 1.29 is 4.79 Å². The molecule has 0 aliphatic heterocycles. The Morgan fingerprint density at radius 2 is 2.05 bits per heavy atom. The molecule has 0 aliphatic rings. The number of nitrogens with zero attached hydrogens (tertiary/aromatic N) is 1. The van der Waals surface area contributed by atoms with Crippen LogP contribution in [0, 0.1) is 0 Å². The molecule has 0 radical (unpaired) electrons. The molecule has 1 aromatic carbocycles. The highest BCUT2D eigenvalue weighted by atomic mass is 16.1. The molecule has 0 saturated heterocycles. The molecule has 2 rings (SSSR count). The number of hydrogen-bond acceptors (Lipinski definition) is 3. The molecule has 1 heterocycles. The van der Waals surface area contributed by atoms with E-state index in [4.69, 9.17) is 5.73 Å².